The Balaban J connectivity index is 1.89. The topological polar surface area (TPSA) is 74.1 Å². The molecule has 9 heteroatoms. The predicted octanol–water partition coefficient (Wildman–Crippen LogP) is 3.04. The molecular weight excluding hydrogens is 406 g/mol. The van der Waals surface area contributed by atoms with E-state index in [9.17, 15) is 0 Å². The van der Waals surface area contributed by atoms with Crippen molar-refractivity contribution >= 4 is 27.7 Å². The van der Waals surface area contributed by atoms with Gasteiger partial charge in [0.15, 0.2) is 11.5 Å². The molecule has 7 nitrogen and oxygen atoms in total. The van der Waals surface area contributed by atoms with Crippen LogP contribution in [-0.4, -0.2) is 45.2 Å². The quantitative estimate of drug-likeness (QED) is 0.459. The molecule has 1 aromatic carbocycles. The molecule has 0 aliphatic carbocycles. The van der Waals surface area contributed by atoms with E-state index < -0.39 is 0 Å². The molecule has 0 aliphatic heterocycles. The van der Waals surface area contributed by atoms with Gasteiger partial charge in [0.1, 0.15) is 0 Å². The number of aryl methyl sites for hydroxylation is 1. The van der Waals surface area contributed by atoms with Crippen molar-refractivity contribution in [3.8, 4) is 11.5 Å². The molecule has 0 amide bonds. The fourth-order valence-corrected chi connectivity index (χ4v) is 3.46. The first-order valence-electron chi connectivity index (χ1n) is 8.19. The molecule has 2 aromatic rings. The van der Waals surface area contributed by atoms with E-state index in [1.165, 1.54) is 0 Å². The molecule has 1 heterocycles. The lowest BCUT2D eigenvalue weighted by atomic mass is 10.2. The molecule has 0 saturated heterocycles. The summed E-state index contributed by atoms with van der Waals surface area (Å²) in [4.78, 5) is 0. The van der Waals surface area contributed by atoms with E-state index in [2.05, 4.69) is 42.8 Å². The van der Waals surface area contributed by atoms with Gasteiger partial charge in [0.25, 0.3) is 0 Å². The number of tetrazole rings is 1. The Labute approximate surface area is 161 Å². The molecule has 0 atom stereocenters. The largest absolute Gasteiger partial charge is 0.490 e. The van der Waals surface area contributed by atoms with Gasteiger partial charge in [0.05, 0.1) is 17.2 Å². The van der Waals surface area contributed by atoms with Crippen LogP contribution in [0, 0.1) is 0 Å². The highest BCUT2D eigenvalue weighted by Gasteiger charge is 2.13. The van der Waals surface area contributed by atoms with Gasteiger partial charge >= 0.3 is 0 Å². The van der Waals surface area contributed by atoms with E-state index in [4.69, 9.17) is 9.47 Å². The number of nitrogens with one attached hydrogen (secondary N) is 1. The van der Waals surface area contributed by atoms with Gasteiger partial charge in [-0.05, 0) is 64.8 Å². The van der Waals surface area contributed by atoms with Gasteiger partial charge in [0, 0.05) is 25.9 Å². The average Bonchev–Trinajstić information content (AvgIpc) is 2.95. The second-order valence-electron chi connectivity index (χ2n) is 5.61. The Morgan fingerprint density at radius 1 is 1.36 bits per heavy atom. The van der Waals surface area contributed by atoms with Crippen LogP contribution in [0.25, 0.3) is 0 Å². The van der Waals surface area contributed by atoms with E-state index in [-0.39, 0.29) is 6.10 Å². The van der Waals surface area contributed by atoms with Crippen molar-refractivity contribution in [1.29, 1.82) is 0 Å². The third kappa shape index (κ3) is 6.16. The molecule has 0 bridgehead atoms. The Hall–Kier alpha value is -1.32. The molecule has 25 heavy (non-hydrogen) atoms. The van der Waals surface area contributed by atoms with Crippen molar-refractivity contribution in [2.24, 2.45) is 7.05 Å². The van der Waals surface area contributed by atoms with Crippen molar-refractivity contribution in [1.82, 2.24) is 25.5 Å². The monoisotopic (exact) mass is 429 g/mol. The normalized spacial score (nSPS) is 11.1. The smallest absolute Gasteiger partial charge is 0.209 e. The second kappa shape index (κ2) is 9.98. The minimum absolute atomic E-state index is 0.0895. The Morgan fingerprint density at radius 2 is 2.16 bits per heavy atom. The Morgan fingerprint density at radius 3 is 2.80 bits per heavy atom. The SMILES string of the molecule is CCOc1cc(CNCCSc2nnnn2C)cc(Br)c1OC(C)C. The third-order valence-electron chi connectivity index (χ3n) is 3.14. The molecule has 1 N–H and O–H groups in total. The first-order valence-corrected chi connectivity index (χ1v) is 9.96. The van der Waals surface area contributed by atoms with Gasteiger partial charge in [-0.15, -0.1) is 5.10 Å². The van der Waals surface area contributed by atoms with Crippen LogP contribution in [0.3, 0.4) is 0 Å². The van der Waals surface area contributed by atoms with Gasteiger partial charge in [-0.25, -0.2) is 4.68 Å². The molecule has 1 aromatic heterocycles. The molecule has 0 spiro atoms. The van der Waals surface area contributed by atoms with Crippen molar-refractivity contribution in [2.75, 3.05) is 18.9 Å². The minimum Gasteiger partial charge on any atom is -0.490 e. The van der Waals surface area contributed by atoms with E-state index in [1.807, 2.05) is 33.9 Å². The van der Waals surface area contributed by atoms with Crippen molar-refractivity contribution in [3.63, 3.8) is 0 Å². The van der Waals surface area contributed by atoms with Crippen molar-refractivity contribution in [2.45, 2.75) is 38.6 Å². The summed E-state index contributed by atoms with van der Waals surface area (Å²) < 4.78 is 14.2. The van der Waals surface area contributed by atoms with Gasteiger partial charge in [-0.1, -0.05) is 11.8 Å². The zero-order chi connectivity index (χ0) is 18.2. The summed E-state index contributed by atoms with van der Waals surface area (Å²) >= 11 is 5.21. The van der Waals surface area contributed by atoms with Crippen LogP contribution in [0.5, 0.6) is 11.5 Å². The number of ether oxygens (including phenoxy) is 2. The number of halogens is 1. The molecule has 0 aliphatic rings. The van der Waals surface area contributed by atoms with Crippen LogP contribution in [0.2, 0.25) is 0 Å². The number of hydrogen-bond acceptors (Lipinski definition) is 7. The Kier molecular flexibility index (Phi) is 7.98. The third-order valence-corrected chi connectivity index (χ3v) is 4.74. The summed E-state index contributed by atoms with van der Waals surface area (Å²) in [6.45, 7) is 8.17. The lowest BCUT2D eigenvalue weighted by Gasteiger charge is -2.17. The van der Waals surface area contributed by atoms with Gasteiger partial charge in [-0.2, -0.15) is 0 Å². The number of hydrogen-bond donors (Lipinski definition) is 1. The molecule has 138 valence electrons. The second-order valence-corrected chi connectivity index (χ2v) is 7.53. The highest BCUT2D eigenvalue weighted by Crippen LogP contribution is 2.37. The highest BCUT2D eigenvalue weighted by atomic mass is 79.9. The lowest BCUT2D eigenvalue weighted by molar-refractivity contribution is 0.222. The highest BCUT2D eigenvalue weighted by molar-refractivity contribution is 9.10. The summed E-state index contributed by atoms with van der Waals surface area (Å²) in [5, 5.41) is 15.6. The number of thioether (sulfide) groups is 1. The van der Waals surface area contributed by atoms with Gasteiger partial charge in [0.2, 0.25) is 5.16 Å². The molecule has 0 radical (unpaired) electrons. The maximum Gasteiger partial charge on any atom is 0.209 e. The number of rotatable bonds is 10. The van der Waals surface area contributed by atoms with E-state index in [0.29, 0.717) is 6.61 Å². The first-order chi connectivity index (χ1) is 12.0. The van der Waals surface area contributed by atoms with Gasteiger partial charge in [-0.3, -0.25) is 0 Å². The molecule has 0 unspecified atom stereocenters. The zero-order valence-corrected chi connectivity index (χ0v) is 17.4. The van der Waals surface area contributed by atoms with Crippen molar-refractivity contribution < 1.29 is 9.47 Å². The summed E-state index contributed by atoms with van der Waals surface area (Å²) in [6, 6.07) is 4.09. The number of nitrogens with zero attached hydrogens (tertiary/aromatic N) is 4. The Bertz CT molecular complexity index is 681. The number of benzene rings is 1. The zero-order valence-electron chi connectivity index (χ0n) is 15.0. The number of aromatic nitrogens is 4. The van der Waals surface area contributed by atoms with Crippen LogP contribution >= 0.6 is 27.7 Å². The van der Waals surface area contributed by atoms with Gasteiger partial charge < -0.3 is 14.8 Å². The van der Waals surface area contributed by atoms with Crippen molar-refractivity contribution in [3.05, 3.63) is 22.2 Å². The summed E-state index contributed by atoms with van der Waals surface area (Å²) in [5.41, 5.74) is 1.14. The molecule has 0 saturated carbocycles. The molecule has 0 fully saturated rings. The van der Waals surface area contributed by atoms with Crippen LogP contribution in [0.4, 0.5) is 0 Å². The average molecular weight is 430 g/mol. The summed E-state index contributed by atoms with van der Waals surface area (Å²) in [7, 11) is 1.84. The maximum atomic E-state index is 5.86. The minimum atomic E-state index is 0.0895. The van der Waals surface area contributed by atoms with E-state index in [0.717, 1.165) is 45.5 Å². The standard InChI is InChI=1S/C16H24BrN5O2S/c1-5-23-14-9-12(8-13(17)15(14)24-11(2)3)10-18-6-7-25-16-19-20-21-22(16)4/h8-9,11,18H,5-7,10H2,1-4H3. The van der Waals surface area contributed by atoms with Crippen LogP contribution in [0.1, 0.15) is 26.3 Å². The molecule has 2 rings (SSSR count). The summed E-state index contributed by atoms with van der Waals surface area (Å²) in [6.07, 6.45) is 0.0895. The van der Waals surface area contributed by atoms with E-state index in [1.54, 1.807) is 16.4 Å². The molecular formula is C16H24BrN5O2S. The summed E-state index contributed by atoms with van der Waals surface area (Å²) in [5.74, 6) is 2.41. The van der Waals surface area contributed by atoms with Crippen LogP contribution in [0.15, 0.2) is 21.8 Å². The lowest BCUT2D eigenvalue weighted by Crippen LogP contribution is -2.17. The fraction of sp³-hybridized carbons (Fsp3) is 0.562. The fourth-order valence-electron chi connectivity index (χ4n) is 2.13. The van der Waals surface area contributed by atoms with Crippen LogP contribution in [-0.2, 0) is 13.6 Å². The first kappa shape index (κ1) is 20.0. The van der Waals surface area contributed by atoms with Crippen LogP contribution < -0.4 is 14.8 Å². The van der Waals surface area contributed by atoms with E-state index >= 15 is 0 Å². The predicted molar refractivity (Wildman–Crippen MR) is 102 cm³/mol. The maximum absolute atomic E-state index is 5.86.